The number of hydrogen-bond donors (Lipinski definition) is 1. The summed E-state index contributed by atoms with van der Waals surface area (Å²) in [6.45, 7) is 1.29. The zero-order valence-corrected chi connectivity index (χ0v) is 11.4. The number of aliphatic hydroxyl groups excluding tert-OH is 1. The summed E-state index contributed by atoms with van der Waals surface area (Å²) in [5, 5.41) is 9.12. The molecule has 1 aliphatic rings. The zero-order chi connectivity index (χ0) is 14.7. The molecule has 7 heteroatoms. The average molecular weight is 288 g/mol. The Balaban J connectivity index is 1.73. The number of amides is 1. The highest BCUT2D eigenvalue weighted by Crippen LogP contribution is 2.11. The molecule has 1 unspecified atom stereocenters. The van der Waals surface area contributed by atoms with Gasteiger partial charge < -0.3 is 14.7 Å². The number of carbonyl (C=O) groups excluding carboxylic acids is 1. The van der Waals surface area contributed by atoms with Crippen LogP contribution >= 0.6 is 0 Å². The second-order valence-electron chi connectivity index (χ2n) is 4.80. The van der Waals surface area contributed by atoms with Gasteiger partial charge in [0.15, 0.2) is 0 Å². The Labute approximate surface area is 121 Å². The summed E-state index contributed by atoms with van der Waals surface area (Å²) in [6, 6.07) is 3.52. The van der Waals surface area contributed by atoms with Crippen molar-refractivity contribution in [1.29, 1.82) is 0 Å². The number of carbonyl (C=O) groups is 1. The van der Waals surface area contributed by atoms with E-state index in [2.05, 4.69) is 9.97 Å². The van der Waals surface area contributed by atoms with Crippen LogP contribution in [-0.2, 0) is 4.74 Å². The standard InChI is InChI=1S/C14H16N4O3/c19-9-12-8-17(5-6-21-12)14(20)11-1-2-13(16-7-11)18-4-3-15-10-18/h1-4,7,10,12,19H,5-6,8-9H2. The van der Waals surface area contributed by atoms with Crippen LogP contribution in [0.25, 0.3) is 5.82 Å². The number of aromatic nitrogens is 3. The fraction of sp³-hybridized carbons (Fsp3) is 0.357. The van der Waals surface area contributed by atoms with Crippen molar-refractivity contribution in [3.63, 3.8) is 0 Å². The van der Waals surface area contributed by atoms with E-state index >= 15 is 0 Å². The maximum absolute atomic E-state index is 12.4. The lowest BCUT2D eigenvalue weighted by Crippen LogP contribution is -2.46. The molecule has 2 aromatic heterocycles. The number of rotatable bonds is 3. The molecule has 1 N–H and O–H groups in total. The van der Waals surface area contributed by atoms with Crippen LogP contribution < -0.4 is 0 Å². The highest BCUT2D eigenvalue weighted by atomic mass is 16.5. The summed E-state index contributed by atoms with van der Waals surface area (Å²) in [4.78, 5) is 22.3. The van der Waals surface area contributed by atoms with Crippen molar-refractivity contribution >= 4 is 5.91 Å². The Kier molecular flexibility index (Phi) is 3.94. The molecule has 21 heavy (non-hydrogen) atoms. The van der Waals surface area contributed by atoms with E-state index in [1.807, 2.05) is 0 Å². The number of imidazole rings is 1. The van der Waals surface area contributed by atoms with Crippen molar-refractivity contribution in [2.24, 2.45) is 0 Å². The van der Waals surface area contributed by atoms with E-state index in [9.17, 15) is 4.79 Å². The number of morpholine rings is 1. The van der Waals surface area contributed by atoms with Crippen LogP contribution in [0.1, 0.15) is 10.4 Å². The molecule has 0 radical (unpaired) electrons. The lowest BCUT2D eigenvalue weighted by Gasteiger charge is -2.32. The third-order valence-electron chi connectivity index (χ3n) is 3.39. The van der Waals surface area contributed by atoms with Gasteiger partial charge in [-0.1, -0.05) is 0 Å². The summed E-state index contributed by atoms with van der Waals surface area (Å²) in [5.41, 5.74) is 0.525. The molecule has 0 aromatic carbocycles. The number of nitrogens with zero attached hydrogens (tertiary/aromatic N) is 4. The van der Waals surface area contributed by atoms with Gasteiger partial charge in [-0.2, -0.15) is 0 Å². The van der Waals surface area contributed by atoms with E-state index in [1.54, 1.807) is 46.5 Å². The molecule has 1 atom stereocenters. The Morgan fingerprint density at radius 2 is 2.38 bits per heavy atom. The van der Waals surface area contributed by atoms with Crippen molar-refractivity contribution < 1.29 is 14.6 Å². The van der Waals surface area contributed by atoms with Gasteiger partial charge in [-0.25, -0.2) is 9.97 Å². The third-order valence-corrected chi connectivity index (χ3v) is 3.39. The van der Waals surface area contributed by atoms with Crippen molar-refractivity contribution in [2.45, 2.75) is 6.10 Å². The third kappa shape index (κ3) is 2.93. The maximum atomic E-state index is 12.4. The van der Waals surface area contributed by atoms with Crippen molar-refractivity contribution in [1.82, 2.24) is 19.4 Å². The highest BCUT2D eigenvalue weighted by Gasteiger charge is 2.24. The van der Waals surface area contributed by atoms with E-state index in [1.165, 1.54) is 0 Å². The SMILES string of the molecule is O=C(c1ccc(-n2ccnc2)nc1)N1CCOC(CO)C1. The molecule has 0 spiro atoms. The van der Waals surface area contributed by atoms with Crippen molar-refractivity contribution in [2.75, 3.05) is 26.3 Å². The Bertz CT molecular complexity index is 597. The lowest BCUT2D eigenvalue weighted by atomic mass is 10.2. The molecule has 1 amide bonds. The highest BCUT2D eigenvalue weighted by molar-refractivity contribution is 5.94. The number of hydrogen-bond acceptors (Lipinski definition) is 5. The van der Waals surface area contributed by atoms with Gasteiger partial charge in [0.1, 0.15) is 12.1 Å². The minimum Gasteiger partial charge on any atom is -0.394 e. The summed E-state index contributed by atoms with van der Waals surface area (Å²) < 4.78 is 7.11. The number of pyridine rings is 1. The predicted octanol–water partition coefficient (Wildman–Crippen LogP) is 0.101. The summed E-state index contributed by atoms with van der Waals surface area (Å²) >= 11 is 0. The molecule has 1 aliphatic heterocycles. The van der Waals surface area contributed by atoms with E-state index in [0.717, 1.165) is 0 Å². The van der Waals surface area contributed by atoms with E-state index in [4.69, 9.17) is 9.84 Å². The normalized spacial score (nSPS) is 18.7. The van der Waals surface area contributed by atoms with E-state index < -0.39 is 0 Å². The Morgan fingerprint density at radius 3 is 3.05 bits per heavy atom. The Morgan fingerprint density at radius 1 is 1.48 bits per heavy atom. The van der Waals surface area contributed by atoms with Gasteiger partial charge in [-0.15, -0.1) is 0 Å². The second kappa shape index (κ2) is 6.02. The van der Waals surface area contributed by atoms with Gasteiger partial charge in [0.25, 0.3) is 5.91 Å². The average Bonchev–Trinajstić information content (AvgIpc) is 3.09. The largest absolute Gasteiger partial charge is 0.394 e. The molecular formula is C14H16N4O3. The molecule has 3 heterocycles. The molecule has 1 saturated heterocycles. The first kappa shape index (κ1) is 13.7. The predicted molar refractivity (Wildman–Crippen MR) is 74.1 cm³/mol. The summed E-state index contributed by atoms with van der Waals surface area (Å²) in [7, 11) is 0. The van der Waals surface area contributed by atoms with Crippen LogP contribution in [0.2, 0.25) is 0 Å². The first-order chi connectivity index (χ1) is 10.3. The first-order valence-corrected chi connectivity index (χ1v) is 6.74. The number of aliphatic hydroxyl groups is 1. The maximum Gasteiger partial charge on any atom is 0.255 e. The van der Waals surface area contributed by atoms with Crippen LogP contribution in [0, 0.1) is 0 Å². The molecule has 3 rings (SSSR count). The van der Waals surface area contributed by atoms with Gasteiger partial charge >= 0.3 is 0 Å². The van der Waals surface area contributed by atoms with Crippen LogP contribution in [0.5, 0.6) is 0 Å². The minimum absolute atomic E-state index is 0.0817. The topological polar surface area (TPSA) is 80.5 Å². The smallest absolute Gasteiger partial charge is 0.255 e. The molecule has 0 aliphatic carbocycles. The van der Waals surface area contributed by atoms with Gasteiger partial charge in [0, 0.05) is 31.7 Å². The van der Waals surface area contributed by atoms with Crippen molar-refractivity contribution in [3.05, 3.63) is 42.6 Å². The second-order valence-corrected chi connectivity index (χ2v) is 4.80. The summed E-state index contributed by atoms with van der Waals surface area (Å²) in [5.74, 6) is 0.612. The zero-order valence-electron chi connectivity index (χ0n) is 11.4. The molecule has 110 valence electrons. The van der Waals surface area contributed by atoms with Gasteiger partial charge in [-0.05, 0) is 12.1 Å². The molecule has 2 aromatic rings. The first-order valence-electron chi connectivity index (χ1n) is 6.74. The Hall–Kier alpha value is -2.25. The van der Waals surface area contributed by atoms with E-state index in [0.29, 0.717) is 31.1 Å². The molecule has 0 saturated carbocycles. The van der Waals surface area contributed by atoms with E-state index in [-0.39, 0.29) is 18.6 Å². The molecule has 1 fully saturated rings. The lowest BCUT2D eigenvalue weighted by molar-refractivity contribution is -0.0447. The molecular weight excluding hydrogens is 272 g/mol. The van der Waals surface area contributed by atoms with Gasteiger partial charge in [-0.3, -0.25) is 9.36 Å². The van der Waals surface area contributed by atoms with Gasteiger partial charge in [0.05, 0.1) is 24.9 Å². The monoisotopic (exact) mass is 288 g/mol. The quantitative estimate of drug-likeness (QED) is 0.866. The molecule has 7 nitrogen and oxygen atoms in total. The van der Waals surface area contributed by atoms with Crippen molar-refractivity contribution in [3.8, 4) is 5.82 Å². The fourth-order valence-electron chi connectivity index (χ4n) is 2.26. The fourth-order valence-corrected chi connectivity index (χ4v) is 2.26. The molecule has 0 bridgehead atoms. The van der Waals surface area contributed by atoms with Crippen LogP contribution in [0.3, 0.4) is 0 Å². The van der Waals surface area contributed by atoms with Crippen LogP contribution in [0.4, 0.5) is 0 Å². The summed E-state index contributed by atoms with van der Waals surface area (Å²) in [6.07, 6.45) is 6.36. The van der Waals surface area contributed by atoms with Gasteiger partial charge in [0.2, 0.25) is 0 Å². The minimum atomic E-state index is -0.305. The van der Waals surface area contributed by atoms with Crippen LogP contribution in [-0.4, -0.2) is 62.9 Å². The number of ether oxygens (including phenoxy) is 1. The van der Waals surface area contributed by atoms with Crippen LogP contribution in [0.15, 0.2) is 37.1 Å².